The predicted octanol–water partition coefficient (Wildman–Crippen LogP) is 4.56. The molecule has 2 heterocycles. The fraction of sp³-hybridized carbons (Fsp3) is 0.500. The smallest absolute Gasteiger partial charge is 0.0911 e. The van der Waals surface area contributed by atoms with Gasteiger partial charge in [0.05, 0.1) is 23.4 Å². The summed E-state index contributed by atoms with van der Waals surface area (Å²) in [6, 6.07) is 7.68. The number of pyridine rings is 1. The van der Waals surface area contributed by atoms with Crippen LogP contribution >= 0.6 is 11.6 Å². The average Bonchev–Trinajstić information content (AvgIpc) is 3.18. The Labute approximate surface area is 176 Å². The van der Waals surface area contributed by atoms with Gasteiger partial charge < -0.3 is 10.4 Å². The molecule has 6 nitrogen and oxygen atoms in total. The number of nitrogens with one attached hydrogen (secondary N) is 1. The van der Waals surface area contributed by atoms with E-state index in [1.165, 1.54) is 6.42 Å². The maximum Gasteiger partial charge on any atom is 0.0911 e. The normalized spacial score (nSPS) is 16.8. The molecule has 1 aliphatic rings. The summed E-state index contributed by atoms with van der Waals surface area (Å²) < 4.78 is 1.84. The summed E-state index contributed by atoms with van der Waals surface area (Å²) in [5, 5.41) is 25.1. The molecule has 1 saturated carbocycles. The summed E-state index contributed by atoms with van der Waals surface area (Å²) in [5.41, 5.74) is 1.61. The lowest BCUT2D eigenvalue weighted by Gasteiger charge is -2.44. The van der Waals surface area contributed by atoms with Crippen LogP contribution < -0.4 is 5.32 Å². The molecule has 3 aromatic rings. The van der Waals surface area contributed by atoms with Crippen molar-refractivity contribution in [3.05, 3.63) is 47.4 Å². The van der Waals surface area contributed by atoms with Crippen molar-refractivity contribution < 1.29 is 5.11 Å². The van der Waals surface area contributed by atoms with Gasteiger partial charge in [0.25, 0.3) is 0 Å². The van der Waals surface area contributed by atoms with Crippen molar-refractivity contribution >= 4 is 28.2 Å². The van der Waals surface area contributed by atoms with Crippen molar-refractivity contribution in [2.45, 2.75) is 63.5 Å². The largest absolute Gasteiger partial charge is 0.389 e. The first-order valence-electron chi connectivity index (χ1n) is 10.3. The second kappa shape index (κ2) is 7.92. The second-order valence-corrected chi connectivity index (χ2v) is 8.97. The fourth-order valence-electron chi connectivity index (χ4n) is 4.27. The zero-order valence-corrected chi connectivity index (χ0v) is 17.8. The number of anilines is 1. The quantitative estimate of drug-likeness (QED) is 0.619. The van der Waals surface area contributed by atoms with E-state index in [4.69, 9.17) is 11.6 Å². The minimum absolute atomic E-state index is 0.417. The van der Waals surface area contributed by atoms with Crippen molar-refractivity contribution in [3.63, 3.8) is 0 Å². The molecule has 7 heteroatoms. The summed E-state index contributed by atoms with van der Waals surface area (Å²) >= 11 is 6.06. The van der Waals surface area contributed by atoms with Crippen molar-refractivity contribution in [1.82, 2.24) is 20.0 Å². The number of rotatable bonds is 6. The molecule has 0 spiro atoms. The van der Waals surface area contributed by atoms with Gasteiger partial charge in [-0.15, -0.1) is 5.10 Å². The molecule has 1 aliphatic carbocycles. The topological polar surface area (TPSA) is 75.9 Å². The summed E-state index contributed by atoms with van der Waals surface area (Å²) in [4.78, 5) is 4.37. The minimum Gasteiger partial charge on any atom is -0.389 e. The molecule has 0 aliphatic heterocycles. The Kier molecular flexibility index (Phi) is 5.49. The standard InChI is InChI=1S/C22H28ClN5O/c1-21(2,22(29)9-4-3-5-10-22)20-15-28(27-26-20)13-12-25-18-8-11-24-19-14-16(23)6-7-17(18)19/h6-8,11,14-15,29H,3-5,9-10,12-13H2,1-2H3,(H,24,25). The Balaban J connectivity index is 1.43. The molecule has 2 aromatic heterocycles. The maximum absolute atomic E-state index is 11.2. The monoisotopic (exact) mass is 413 g/mol. The molecule has 0 saturated heterocycles. The number of aliphatic hydroxyl groups is 1. The van der Waals surface area contributed by atoms with Crippen LogP contribution in [-0.2, 0) is 12.0 Å². The summed E-state index contributed by atoms with van der Waals surface area (Å²) in [7, 11) is 0. The highest BCUT2D eigenvalue weighted by Gasteiger charge is 2.46. The van der Waals surface area contributed by atoms with E-state index in [9.17, 15) is 5.11 Å². The number of hydrogen-bond donors (Lipinski definition) is 2. The Hall–Kier alpha value is -2.18. The van der Waals surface area contributed by atoms with Gasteiger partial charge >= 0.3 is 0 Å². The molecule has 1 aromatic carbocycles. The van der Waals surface area contributed by atoms with Crippen LogP contribution in [0.1, 0.15) is 51.6 Å². The molecule has 0 unspecified atom stereocenters. The zero-order chi connectivity index (χ0) is 20.5. The van der Waals surface area contributed by atoms with Crippen molar-refractivity contribution in [2.24, 2.45) is 0 Å². The molecule has 1 fully saturated rings. The van der Waals surface area contributed by atoms with E-state index in [-0.39, 0.29) is 0 Å². The van der Waals surface area contributed by atoms with Crippen LogP contribution in [0.25, 0.3) is 10.9 Å². The van der Waals surface area contributed by atoms with E-state index in [0.29, 0.717) is 18.1 Å². The van der Waals surface area contributed by atoms with Gasteiger partial charge in [0.2, 0.25) is 0 Å². The second-order valence-electron chi connectivity index (χ2n) is 8.53. The molecule has 29 heavy (non-hydrogen) atoms. The van der Waals surface area contributed by atoms with Crippen LogP contribution in [0.4, 0.5) is 5.69 Å². The van der Waals surface area contributed by atoms with Gasteiger partial charge in [0.1, 0.15) is 0 Å². The first-order chi connectivity index (χ1) is 13.9. The third-order valence-corrected chi connectivity index (χ3v) is 6.62. The number of fused-ring (bicyclic) bond motifs is 1. The van der Waals surface area contributed by atoms with E-state index in [0.717, 1.165) is 48.0 Å². The Morgan fingerprint density at radius 1 is 1.21 bits per heavy atom. The molecule has 0 radical (unpaired) electrons. The van der Waals surface area contributed by atoms with Gasteiger partial charge in [-0.25, -0.2) is 0 Å². The van der Waals surface area contributed by atoms with Gasteiger partial charge in [-0.1, -0.05) is 49.9 Å². The minimum atomic E-state index is -0.707. The first-order valence-corrected chi connectivity index (χ1v) is 10.7. The van der Waals surface area contributed by atoms with Crippen LogP contribution in [0.2, 0.25) is 5.02 Å². The van der Waals surface area contributed by atoms with Gasteiger partial charge in [0.15, 0.2) is 0 Å². The highest BCUT2D eigenvalue weighted by Crippen LogP contribution is 2.43. The molecule has 0 bridgehead atoms. The van der Waals surface area contributed by atoms with Gasteiger partial charge in [-0.05, 0) is 37.1 Å². The van der Waals surface area contributed by atoms with Crippen LogP contribution in [0.3, 0.4) is 0 Å². The summed E-state index contributed by atoms with van der Waals surface area (Å²) in [6.07, 6.45) is 8.75. The average molecular weight is 414 g/mol. The lowest BCUT2D eigenvalue weighted by Crippen LogP contribution is -2.49. The number of hydrogen-bond acceptors (Lipinski definition) is 5. The summed E-state index contributed by atoms with van der Waals surface area (Å²) in [6.45, 7) is 5.55. The fourth-order valence-corrected chi connectivity index (χ4v) is 4.44. The van der Waals surface area contributed by atoms with Crippen molar-refractivity contribution in [1.29, 1.82) is 0 Å². The number of nitrogens with zero attached hydrogens (tertiary/aromatic N) is 4. The molecular weight excluding hydrogens is 386 g/mol. The van der Waals surface area contributed by atoms with E-state index >= 15 is 0 Å². The molecule has 154 valence electrons. The van der Waals surface area contributed by atoms with Gasteiger partial charge in [-0.2, -0.15) is 0 Å². The lowest BCUT2D eigenvalue weighted by atomic mass is 9.66. The zero-order valence-electron chi connectivity index (χ0n) is 17.0. The maximum atomic E-state index is 11.2. The van der Waals surface area contributed by atoms with Crippen molar-refractivity contribution in [2.75, 3.05) is 11.9 Å². The summed E-state index contributed by atoms with van der Waals surface area (Å²) in [5.74, 6) is 0. The van der Waals surface area contributed by atoms with E-state index in [1.807, 2.05) is 35.1 Å². The molecule has 4 rings (SSSR count). The third-order valence-electron chi connectivity index (χ3n) is 6.38. The van der Waals surface area contributed by atoms with Crippen molar-refractivity contribution in [3.8, 4) is 0 Å². The number of benzene rings is 1. The highest BCUT2D eigenvalue weighted by atomic mass is 35.5. The van der Waals surface area contributed by atoms with Crippen LogP contribution in [0, 0.1) is 0 Å². The van der Waals surface area contributed by atoms with E-state index in [1.54, 1.807) is 6.20 Å². The Bertz CT molecular complexity index is 994. The molecule has 0 atom stereocenters. The molecule has 0 amide bonds. The SMILES string of the molecule is CC(C)(c1cn(CCNc2ccnc3cc(Cl)ccc23)nn1)C1(O)CCCCC1. The number of aromatic nitrogens is 4. The molecular formula is C22H28ClN5O. The Morgan fingerprint density at radius 2 is 2.00 bits per heavy atom. The van der Waals surface area contributed by atoms with Crippen LogP contribution in [-0.4, -0.2) is 37.2 Å². The van der Waals surface area contributed by atoms with Gasteiger partial charge in [0, 0.05) is 40.4 Å². The highest BCUT2D eigenvalue weighted by molar-refractivity contribution is 6.31. The number of halogens is 1. The van der Waals surface area contributed by atoms with Crippen LogP contribution in [0.15, 0.2) is 36.7 Å². The van der Waals surface area contributed by atoms with Crippen LogP contribution in [0.5, 0.6) is 0 Å². The van der Waals surface area contributed by atoms with E-state index in [2.05, 4.69) is 34.5 Å². The first kappa shape index (κ1) is 20.1. The van der Waals surface area contributed by atoms with E-state index < -0.39 is 11.0 Å². The Morgan fingerprint density at radius 3 is 2.79 bits per heavy atom. The lowest BCUT2D eigenvalue weighted by molar-refractivity contribution is -0.0573. The van der Waals surface area contributed by atoms with Gasteiger partial charge in [-0.3, -0.25) is 9.67 Å². The third kappa shape index (κ3) is 3.96. The molecule has 2 N–H and O–H groups in total. The predicted molar refractivity (Wildman–Crippen MR) is 116 cm³/mol.